The first-order chi connectivity index (χ1) is 12.1. The summed E-state index contributed by atoms with van der Waals surface area (Å²) in [6, 6.07) is 9.67. The summed E-state index contributed by atoms with van der Waals surface area (Å²) in [4.78, 5) is 23.6. The van der Waals surface area contributed by atoms with E-state index >= 15 is 0 Å². The lowest BCUT2D eigenvalue weighted by molar-refractivity contribution is -0.216. The van der Waals surface area contributed by atoms with E-state index in [1.807, 2.05) is 36.4 Å². The molecule has 1 aromatic rings. The van der Waals surface area contributed by atoms with Crippen LogP contribution in [0.4, 0.5) is 13.2 Å². The van der Waals surface area contributed by atoms with Gasteiger partial charge in [-0.3, -0.25) is 4.79 Å². The first-order valence-corrected chi connectivity index (χ1v) is 8.68. The number of allylic oxidation sites excluding steroid dienone is 2. The Hall–Kier alpha value is -2.11. The van der Waals surface area contributed by atoms with Crippen molar-refractivity contribution in [3.63, 3.8) is 0 Å². The van der Waals surface area contributed by atoms with Crippen LogP contribution in [0.5, 0.6) is 0 Å². The molecule has 3 rings (SSSR count). The van der Waals surface area contributed by atoms with Crippen LogP contribution in [0.1, 0.15) is 44.6 Å². The summed E-state index contributed by atoms with van der Waals surface area (Å²) >= 11 is 0. The molecule has 0 aliphatic heterocycles. The Morgan fingerprint density at radius 3 is 2.38 bits per heavy atom. The molecule has 1 saturated carbocycles. The Morgan fingerprint density at radius 1 is 1.12 bits per heavy atom. The van der Waals surface area contributed by atoms with Gasteiger partial charge in [0.25, 0.3) is 0 Å². The average Bonchev–Trinajstić information content (AvgIpc) is 2.91. The summed E-state index contributed by atoms with van der Waals surface area (Å²) in [5.74, 6) is -2.37. The minimum absolute atomic E-state index is 0.0202. The number of hydrogen-bond donors (Lipinski definition) is 0. The lowest BCUT2D eigenvalue weighted by atomic mass is 9.71. The highest BCUT2D eigenvalue weighted by atomic mass is 19.4. The molecule has 1 fully saturated rings. The van der Waals surface area contributed by atoms with E-state index in [-0.39, 0.29) is 23.5 Å². The molecule has 140 valence electrons. The number of ketones is 1. The highest BCUT2D eigenvalue weighted by molar-refractivity contribution is 5.99. The Labute approximate surface area is 150 Å². The number of hydrogen-bond acceptors (Lipinski definition) is 3. The number of alkyl halides is 3. The molecule has 0 radical (unpaired) electrons. The fraction of sp³-hybridized carbons (Fsp3) is 0.500. The number of Topliss-reactive ketones (excluding diaryl/α,β-unsaturated/α-hetero) is 1. The van der Waals surface area contributed by atoms with Crippen molar-refractivity contribution in [2.24, 2.45) is 11.8 Å². The Balaban J connectivity index is 1.81. The zero-order valence-corrected chi connectivity index (χ0v) is 14.7. The number of halogens is 3. The van der Waals surface area contributed by atoms with E-state index in [2.05, 4.69) is 0 Å². The largest absolute Gasteiger partial charge is 0.490 e. The summed E-state index contributed by atoms with van der Waals surface area (Å²) in [5.41, 5.74) is 0.564. The van der Waals surface area contributed by atoms with Gasteiger partial charge in [-0.1, -0.05) is 36.4 Å². The van der Waals surface area contributed by atoms with Crippen molar-refractivity contribution in [3.8, 4) is 0 Å². The number of esters is 1. The zero-order valence-electron chi connectivity index (χ0n) is 14.7. The fourth-order valence-electron chi connectivity index (χ4n) is 4.11. The van der Waals surface area contributed by atoms with E-state index in [9.17, 15) is 22.8 Å². The third kappa shape index (κ3) is 3.55. The van der Waals surface area contributed by atoms with Gasteiger partial charge < -0.3 is 4.74 Å². The Kier molecular flexibility index (Phi) is 4.71. The monoisotopic (exact) mass is 366 g/mol. The van der Waals surface area contributed by atoms with Crippen molar-refractivity contribution in [3.05, 3.63) is 47.5 Å². The van der Waals surface area contributed by atoms with E-state index in [4.69, 9.17) is 4.74 Å². The number of fused-ring (bicyclic) bond motifs is 1. The molecule has 0 unspecified atom stereocenters. The summed E-state index contributed by atoms with van der Waals surface area (Å²) in [7, 11) is 0. The first kappa shape index (κ1) is 18.7. The summed E-state index contributed by atoms with van der Waals surface area (Å²) in [6.07, 6.45) is -1.82. The SMILES string of the molecule is CC(C)(OC(=O)C(F)(F)F)[C@@H]1CC=C2C(=O)C[C@@H](c3ccccc3)[C@@H]2C1. The van der Waals surface area contributed by atoms with Crippen LogP contribution < -0.4 is 0 Å². The normalized spacial score (nSPS) is 26.3. The van der Waals surface area contributed by atoms with Gasteiger partial charge in [-0.05, 0) is 49.7 Å². The van der Waals surface area contributed by atoms with Gasteiger partial charge in [0, 0.05) is 12.3 Å². The van der Waals surface area contributed by atoms with E-state index < -0.39 is 17.7 Å². The summed E-state index contributed by atoms with van der Waals surface area (Å²) in [5, 5.41) is 0. The van der Waals surface area contributed by atoms with Gasteiger partial charge in [0.15, 0.2) is 5.78 Å². The predicted octanol–water partition coefficient (Wildman–Crippen LogP) is 4.58. The number of carbonyl (C=O) groups is 2. The van der Waals surface area contributed by atoms with Gasteiger partial charge in [-0.15, -0.1) is 0 Å². The second-order valence-electron chi connectivity index (χ2n) is 7.57. The number of rotatable bonds is 3. The van der Waals surface area contributed by atoms with Crippen LogP contribution in [0.2, 0.25) is 0 Å². The summed E-state index contributed by atoms with van der Waals surface area (Å²) < 4.78 is 42.5. The van der Waals surface area contributed by atoms with Crippen molar-refractivity contribution in [2.75, 3.05) is 0 Å². The van der Waals surface area contributed by atoms with Crippen LogP contribution in [-0.4, -0.2) is 23.5 Å². The van der Waals surface area contributed by atoms with Gasteiger partial charge in [0.05, 0.1) is 0 Å². The van der Waals surface area contributed by atoms with Crippen molar-refractivity contribution in [2.45, 2.75) is 50.8 Å². The van der Waals surface area contributed by atoms with E-state index in [0.717, 1.165) is 11.1 Å². The predicted molar refractivity (Wildman–Crippen MR) is 89.3 cm³/mol. The van der Waals surface area contributed by atoms with Gasteiger partial charge in [0.1, 0.15) is 5.60 Å². The second kappa shape index (κ2) is 6.56. The number of benzene rings is 1. The van der Waals surface area contributed by atoms with E-state index in [1.165, 1.54) is 13.8 Å². The quantitative estimate of drug-likeness (QED) is 0.736. The lowest BCUT2D eigenvalue weighted by Gasteiger charge is -2.38. The van der Waals surface area contributed by atoms with Crippen LogP contribution in [0.25, 0.3) is 0 Å². The molecule has 2 aliphatic carbocycles. The topological polar surface area (TPSA) is 43.4 Å². The maximum atomic E-state index is 12.6. The van der Waals surface area contributed by atoms with Gasteiger partial charge >= 0.3 is 12.1 Å². The smallest absolute Gasteiger partial charge is 0.453 e. The molecule has 6 heteroatoms. The molecule has 0 bridgehead atoms. The molecule has 0 heterocycles. The van der Waals surface area contributed by atoms with E-state index in [1.54, 1.807) is 0 Å². The molecule has 26 heavy (non-hydrogen) atoms. The minimum atomic E-state index is -5.01. The average molecular weight is 366 g/mol. The lowest BCUT2D eigenvalue weighted by Crippen LogP contribution is -2.42. The molecule has 0 aromatic heterocycles. The molecule has 0 saturated heterocycles. The standard InChI is InChI=1S/C20H21F3O3/c1-19(2,26-18(25)20(21,22)23)13-8-9-14-16(10-13)15(11-17(14)24)12-6-4-3-5-7-12/h3-7,9,13,15-16H,8,10-11H2,1-2H3/t13-,15+,16-/m1/s1. The molecule has 3 atom stereocenters. The Bertz CT molecular complexity index is 734. The maximum Gasteiger partial charge on any atom is 0.490 e. The van der Waals surface area contributed by atoms with Crippen molar-refractivity contribution < 1.29 is 27.5 Å². The number of ether oxygens (including phenoxy) is 1. The third-order valence-corrected chi connectivity index (χ3v) is 5.57. The fourth-order valence-corrected chi connectivity index (χ4v) is 4.11. The molecule has 0 amide bonds. The van der Waals surface area contributed by atoms with Crippen LogP contribution in [0, 0.1) is 11.8 Å². The molecule has 0 N–H and O–H groups in total. The molecule has 3 nitrogen and oxygen atoms in total. The van der Waals surface area contributed by atoms with Gasteiger partial charge in [-0.2, -0.15) is 13.2 Å². The van der Waals surface area contributed by atoms with Crippen molar-refractivity contribution in [1.29, 1.82) is 0 Å². The summed E-state index contributed by atoms with van der Waals surface area (Å²) in [6.45, 7) is 3.02. The van der Waals surface area contributed by atoms with Crippen molar-refractivity contribution in [1.82, 2.24) is 0 Å². The van der Waals surface area contributed by atoms with Crippen LogP contribution in [0.15, 0.2) is 42.0 Å². The molecular weight excluding hydrogens is 345 g/mol. The highest BCUT2D eigenvalue weighted by Crippen LogP contribution is 2.49. The van der Waals surface area contributed by atoms with Crippen LogP contribution >= 0.6 is 0 Å². The zero-order chi connectivity index (χ0) is 19.1. The van der Waals surface area contributed by atoms with Crippen LogP contribution in [-0.2, 0) is 14.3 Å². The maximum absolute atomic E-state index is 12.6. The number of carbonyl (C=O) groups excluding carboxylic acids is 2. The van der Waals surface area contributed by atoms with Crippen LogP contribution in [0.3, 0.4) is 0 Å². The van der Waals surface area contributed by atoms with E-state index in [0.29, 0.717) is 19.3 Å². The molecular formula is C20H21F3O3. The highest BCUT2D eigenvalue weighted by Gasteiger charge is 2.49. The third-order valence-electron chi connectivity index (χ3n) is 5.57. The first-order valence-electron chi connectivity index (χ1n) is 8.68. The van der Waals surface area contributed by atoms with Crippen molar-refractivity contribution >= 4 is 11.8 Å². The molecule has 2 aliphatic rings. The minimum Gasteiger partial charge on any atom is -0.453 e. The second-order valence-corrected chi connectivity index (χ2v) is 7.57. The molecule has 0 spiro atoms. The Morgan fingerprint density at radius 2 is 1.77 bits per heavy atom. The van der Waals surface area contributed by atoms with Gasteiger partial charge in [-0.25, -0.2) is 4.79 Å². The molecule has 1 aromatic carbocycles. The van der Waals surface area contributed by atoms with Gasteiger partial charge in [0.2, 0.25) is 0 Å².